The molecule has 0 radical (unpaired) electrons. The summed E-state index contributed by atoms with van der Waals surface area (Å²) in [6.45, 7) is 0.532. The number of nitrogens with two attached hydrogens (primary N) is 1. The summed E-state index contributed by atoms with van der Waals surface area (Å²) >= 11 is 0. The Kier molecular flexibility index (Phi) is 3.13. The average Bonchev–Trinajstić information content (AvgIpc) is 2.32. The SMILES string of the molecule is CN(C)C(=O)C(CN)C1C2CC3CC(C2)CC1C3. The zero-order valence-corrected chi connectivity index (χ0v) is 11.6. The molecule has 0 aliphatic heterocycles. The van der Waals surface area contributed by atoms with Crippen molar-refractivity contribution in [2.45, 2.75) is 32.1 Å². The van der Waals surface area contributed by atoms with Gasteiger partial charge >= 0.3 is 0 Å². The molecule has 4 aliphatic carbocycles. The van der Waals surface area contributed by atoms with E-state index >= 15 is 0 Å². The van der Waals surface area contributed by atoms with Crippen molar-refractivity contribution in [1.29, 1.82) is 0 Å². The maximum Gasteiger partial charge on any atom is 0.226 e. The van der Waals surface area contributed by atoms with Crippen LogP contribution in [0.5, 0.6) is 0 Å². The van der Waals surface area contributed by atoms with Crippen LogP contribution in [-0.4, -0.2) is 31.4 Å². The number of hydrogen-bond donors (Lipinski definition) is 1. The Morgan fingerprint density at radius 2 is 1.61 bits per heavy atom. The Morgan fingerprint density at radius 1 is 1.11 bits per heavy atom. The standard InChI is InChI=1S/C15H26N2O/c1-17(2)15(18)13(8-16)14-11-4-9-3-10(6-11)7-12(14)5-9/h9-14H,3-8,16H2,1-2H3. The van der Waals surface area contributed by atoms with Gasteiger partial charge in [-0.15, -0.1) is 0 Å². The summed E-state index contributed by atoms with van der Waals surface area (Å²) in [5.41, 5.74) is 5.94. The fourth-order valence-electron chi connectivity index (χ4n) is 5.38. The molecule has 102 valence electrons. The average molecular weight is 250 g/mol. The summed E-state index contributed by atoms with van der Waals surface area (Å²) in [6, 6.07) is 0. The number of nitrogens with zero attached hydrogens (tertiary/aromatic N) is 1. The molecule has 3 heteroatoms. The van der Waals surface area contributed by atoms with Crippen molar-refractivity contribution in [2.24, 2.45) is 41.2 Å². The van der Waals surface area contributed by atoms with Crippen LogP contribution in [-0.2, 0) is 4.79 Å². The maximum absolute atomic E-state index is 12.3. The van der Waals surface area contributed by atoms with Gasteiger partial charge in [-0.05, 0) is 61.7 Å². The fourth-order valence-corrected chi connectivity index (χ4v) is 5.38. The zero-order valence-electron chi connectivity index (χ0n) is 11.6. The van der Waals surface area contributed by atoms with Crippen LogP contribution in [0, 0.1) is 35.5 Å². The zero-order chi connectivity index (χ0) is 12.9. The highest BCUT2D eigenvalue weighted by Crippen LogP contribution is 2.58. The number of hydrogen-bond acceptors (Lipinski definition) is 2. The Bertz CT molecular complexity index is 311. The molecule has 4 fully saturated rings. The van der Waals surface area contributed by atoms with Gasteiger partial charge < -0.3 is 10.6 Å². The van der Waals surface area contributed by atoms with Gasteiger partial charge in [0, 0.05) is 20.6 Å². The molecule has 2 N–H and O–H groups in total. The molecule has 4 saturated carbocycles. The number of carbonyl (C=O) groups is 1. The normalized spacial score (nSPS) is 42.9. The van der Waals surface area contributed by atoms with Gasteiger partial charge in [0.1, 0.15) is 0 Å². The summed E-state index contributed by atoms with van der Waals surface area (Å²) in [5.74, 6) is 4.44. The maximum atomic E-state index is 12.3. The van der Waals surface area contributed by atoms with Crippen LogP contribution >= 0.6 is 0 Å². The van der Waals surface area contributed by atoms with E-state index < -0.39 is 0 Å². The number of rotatable bonds is 3. The minimum absolute atomic E-state index is 0.0787. The van der Waals surface area contributed by atoms with E-state index in [2.05, 4.69) is 0 Å². The van der Waals surface area contributed by atoms with E-state index in [1.165, 1.54) is 32.1 Å². The molecule has 18 heavy (non-hydrogen) atoms. The lowest BCUT2D eigenvalue weighted by molar-refractivity contribution is -0.141. The van der Waals surface area contributed by atoms with Crippen LogP contribution in [0.2, 0.25) is 0 Å². The highest BCUT2D eigenvalue weighted by Gasteiger charge is 2.51. The Hall–Kier alpha value is -0.570. The molecule has 0 saturated heterocycles. The van der Waals surface area contributed by atoms with Gasteiger partial charge in [0.05, 0.1) is 5.92 Å². The Labute approximate surface area is 110 Å². The topological polar surface area (TPSA) is 46.3 Å². The second-order valence-corrected chi connectivity index (χ2v) is 7.08. The van der Waals surface area contributed by atoms with E-state index in [0.29, 0.717) is 12.5 Å². The lowest BCUT2D eigenvalue weighted by atomic mass is 9.49. The van der Waals surface area contributed by atoms with E-state index in [1.807, 2.05) is 14.1 Å². The van der Waals surface area contributed by atoms with Gasteiger partial charge in [-0.2, -0.15) is 0 Å². The van der Waals surface area contributed by atoms with E-state index in [1.54, 1.807) is 4.90 Å². The molecule has 0 aromatic carbocycles. The van der Waals surface area contributed by atoms with E-state index in [9.17, 15) is 4.79 Å². The van der Waals surface area contributed by atoms with Crippen molar-refractivity contribution in [1.82, 2.24) is 4.90 Å². The lowest BCUT2D eigenvalue weighted by Crippen LogP contribution is -2.52. The van der Waals surface area contributed by atoms with Crippen molar-refractivity contribution in [3.8, 4) is 0 Å². The second kappa shape index (κ2) is 4.52. The third-order valence-corrected chi connectivity index (χ3v) is 5.78. The smallest absolute Gasteiger partial charge is 0.226 e. The largest absolute Gasteiger partial charge is 0.349 e. The molecule has 0 aromatic heterocycles. The van der Waals surface area contributed by atoms with E-state index in [0.717, 1.165) is 23.7 Å². The summed E-state index contributed by atoms with van der Waals surface area (Å²) in [7, 11) is 3.72. The first kappa shape index (κ1) is 12.5. The molecule has 4 rings (SSSR count). The number of carbonyl (C=O) groups excluding carboxylic acids is 1. The third-order valence-electron chi connectivity index (χ3n) is 5.78. The molecule has 1 amide bonds. The number of amides is 1. The van der Waals surface area contributed by atoms with Crippen LogP contribution in [0.4, 0.5) is 0 Å². The summed E-state index contributed by atoms with van der Waals surface area (Å²) in [6.07, 6.45) is 6.95. The summed E-state index contributed by atoms with van der Waals surface area (Å²) in [5, 5.41) is 0. The molecular formula is C15H26N2O. The van der Waals surface area contributed by atoms with Gasteiger partial charge in [-0.3, -0.25) is 4.79 Å². The molecule has 0 spiro atoms. The molecule has 0 heterocycles. The van der Waals surface area contributed by atoms with Crippen LogP contribution in [0.3, 0.4) is 0 Å². The highest BCUT2D eigenvalue weighted by molar-refractivity contribution is 5.79. The summed E-state index contributed by atoms with van der Waals surface area (Å²) in [4.78, 5) is 14.1. The first-order chi connectivity index (χ1) is 8.60. The Balaban J connectivity index is 1.80. The van der Waals surface area contributed by atoms with Gasteiger partial charge in [0.25, 0.3) is 0 Å². The fraction of sp³-hybridized carbons (Fsp3) is 0.933. The molecule has 4 aliphatic rings. The van der Waals surface area contributed by atoms with E-state index in [-0.39, 0.29) is 11.8 Å². The quantitative estimate of drug-likeness (QED) is 0.829. The molecule has 0 aromatic rings. The first-order valence-corrected chi connectivity index (χ1v) is 7.51. The van der Waals surface area contributed by atoms with Gasteiger partial charge in [0.15, 0.2) is 0 Å². The van der Waals surface area contributed by atoms with Crippen LogP contribution < -0.4 is 5.73 Å². The van der Waals surface area contributed by atoms with Gasteiger partial charge in [0.2, 0.25) is 5.91 Å². The minimum atomic E-state index is 0.0787. The van der Waals surface area contributed by atoms with Crippen molar-refractivity contribution >= 4 is 5.91 Å². The monoisotopic (exact) mass is 250 g/mol. The molecular weight excluding hydrogens is 224 g/mol. The second-order valence-electron chi connectivity index (χ2n) is 7.08. The molecule has 1 unspecified atom stereocenters. The van der Waals surface area contributed by atoms with Crippen molar-refractivity contribution < 1.29 is 4.79 Å². The molecule has 1 atom stereocenters. The van der Waals surface area contributed by atoms with Crippen molar-refractivity contribution in [2.75, 3.05) is 20.6 Å². The predicted octanol–water partition coefficient (Wildman–Crippen LogP) is 1.72. The lowest BCUT2D eigenvalue weighted by Gasteiger charge is -2.56. The van der Waals surface area contributed by atoms with Crippen LogP contribution in [0.15, 0.2) is 0 Å². The van der Waals surface area contributed by atoms with Crippen molar-refractivity contribution in [3.63, 3.8) is 0 Å². The Morgan fingerprint density at radius 3 is 2.00 bits per heavy atom. The van der Waals surface area contributed by atoms with E-state index in [4.69, 9.17) is 5.73 Å². The van der Waals surface area contributed by atoms with Crippen LogP contribution in [0.1, 0.15) is 32.1 Å². The molecule has 4 bridgehead atoms. The first-order valence-electron chi connectivity index (χ1n) is 7.51. The highest BCUT2D eigenvalue weighted by atomic mass is 16.2. The predicted molar refractivity (Wildman–Crippen MR) is 71.8 cm³/mol. The molecule has 3 nitrogen and oxygen atoms in total. The van der Waals surface area contributed by atoms with Crippen LogP contribution in [0.25, 0.3) is 0 Å². The minimum Gasteiger partial charge on any atom is -0.349 e. The summed E-state index contributed by atoms with van der Waals surface area (Å²) < 4.78 is 0. The van der Waals surface area contributed by atoms with Gasteiger partial charge in [-0.25, -0.2) is 0 Å². The van der Waals surface area contributed by atoms with Gasteiger partial charge in [-0.1, -0.05) is 0 Å². The third kappa shape index (κ3) is 1.87. The van der Waals surface area contributed by atoms with Crippen molar-refractivity contribution in [3.05, 3.63) is 0 Å².